The number of hydrogen-bond donors (Lipinski definition) is 2. The Hall–Kier alpha value is -2.88. The number of hydrogen-bond acceptors (Lipinski definition) is 6. The molecule has 2 fully saturated rings. The number of aromatic nitrogens is 3. The van der Waals surface area contributed by atoms with E-state index in [1.165, 1.54) is 10.8 Å². The first kappa shape index (κ1) is 19.4. The highest BCUT2D eigenvalue weighted by atomic mass is 16.5. The average molecular weight is 403 g/mol. The molecule has 0 bridgehead atoms. The molecule has 0 atom stereocenters. The smallest absolute Gasteiger partial charge is 0.291 e. The first-order valence-electron chi connectivity index (χ1n) is 9.90. The number of ether oxygens (including phenoxy) is 1. The van der Waals surface area contributed by atoms with Crippen molar-refractivity contribution in [2.45, 2.75) is 39.3 Å². The summed E-state index contributed by atoms with van der Waals surface area (Å²) in [5, 5.41) is 17.7. The number of morpholine rings is 1. The van der Waals surface area contributed by atoms with Gasteiger partial charge in [-0.25, -0.2) is 0 Å². The van der Waals surface area contributed by atoms with E-state index in [4.69, 9.17) is 4.74 Å². The Morgan fingerprint density at radius 1 is 1.31 bits per heavy atom. The van der Waals surface area contributed by atoms with Crippen molar-refractivity contribution in [2.24, 2.45) is 5.92 Å². The molecule has 156 valence electrons. The fourth-order valence-corrected chi connectivity index (χ4v) is 3.50. The zero-order chi connectivity index (χ0) is 20.7. The Bertz CT molecular complexity index is 1010. The van der Waals surface area contributed by atoms with E-state index in [1.807, 2.05) is 13.8 Å². The summed E-state index contributed by atoms with van der Waals surface area (Å²) in [4.78, 5) is 40.2. The summed E-state index contributed by atoms with van der Waals surface area (Å²) in [7, 11) is 0. The van der Waals surface area contributed by atoms with E-state index < -0.39 is 17.3 Å². The van der Waals surface area contributed by atoms with Crippen LogP contribution in [0.25, 0.3) is 5.65 Å². The van der Waals surface area contributed by atoms with Crippen molar-refractivity contribution >= 4 is 17.5 Å². The van der Waals surface area contributed by atoms with Gasteiger partial charge in [0.25, 0.3) is 17.4 Å². The van der Waals surface area contributed by atoms with E-state index in [-0.39, 0.29) is 34.6 Å². The molecule has 2 N–H and O–H groups in total. The van der Waals surface area contributed by atoms with Crippen molar-refractivity contribution in [3.05, 3.63) is 27.7 Å². The molecule has 4 rings (SSSR count). The van der Waals surface area contributed by atoms with Gasteiger partial charge in [0.15, 0.2) is 11.2 Å². The molecule has 0 radical (unpaired) electrons. The number of rotatable bonds is 5. The zero-order valence-electron chi connectivity index (χ0n) is 16.6. The Balaban J connectivity index is 1.86. The Labute approximate surface area is 167 Å². The Morgan fingerprint density at radius 2 is 2.00 bits per heavy atom. The summed E-state index contributed by atoms with van der Waals surface area (Å²) in [6.45, 7) is 5.97. The van der Waals surface area contributed by atoms with Crippen LogP contribution in [0.2, 0.25) is 0 Å². The summed E-state index contributed by atoms with van der Waals surface area (Å²) in [5.74, 6) is -1.25. The van der Waals surface area contributed by atoms with Crippen molar-refractivity contribution in [2.75, 3.05) is 26.3 Å². The third-order valence-electron chi connectivity index (χ3n) is 5.10. The lowest BCUT2D eigenvalue weighted by Gasteiger charge is -2.26. The first-order valence-corrected chi connectivity index (χ1v) is 9.90. The minimum Gasteiger partial charge on any atom is -0.494 e. The molecule has 10 nitrogen and oxygen atoms in total. The van der Waals surface area contributed by atoms with Gasteiger partial charge in [0.1, 0.15) is 5.56 Å². The number of fused-ring (bicyclic) bond motifs is 1. The topological polar surface area (TPSA) is 118 Å². The van der Waals surface area contributed by atoms with Crippen molar-refractivity contribution in [1.29, 1.82) is 0 Å². The van der Waals surface area contributed by atoms with Crippen LogP contribution in [0.3, 0.4) is 0 Å². The first-order chi connectivity index (χ1) is 13.9. The van der Waals surface area contributed by atoms with E-state index in [0.29, 0.717) is 32.8 Å². The van der Waals surface area contributed by atoms with Gasteiger partial charge in [-0.2, -0.15) is 9.61 Å². The largest absolute Gasteiger partial charge is 0.494 e. The Kier molecular flexibility index (Phi) is 5.03. The second kappa shape index (κ2) is 7.51. The van der Waals surface area contributed by atoms with E-state index in [2.05, 4.69) is 10.4 Å². The quantitative estimate of drug-likeness (QED) is 0.738. The third kappa shape index (κ3) is 3.59. The van der Waals surface area contributed by atoms with Crippen molar-refractivity contribution < 1.29 is 19.4 Å². The lowest BCUT2D eigenvalue weighted by atomic mass is 10.2. The molecule has 2 aliphatic rings. The second-order valence-corrected chi connectivity index (χ2v) is 7.95. The van der Waals surface area contributed by atoms with Crippen molar-refractivity contribution in [3.8, 4) is 5.88 Å². The fourth-order valence-electron chi connectivity index (χ4n) is 3.50. The molecular weight excluding hydrogens is 378 g/mol. The summed E-state index contributed by atoms with van der Waals surface area (Å²) < 4.78 is 7.77. The molecule has 29 heavy (non-hydrogen) atoms. The van der Waals surface area contributed by atoms with Gasteiger partial charge in [-0.15, -0.1) is 0 Å². The molecule has 2 aromatic heterocycles. The minimum absolute atomic E-state index is 0.0339. The van der Waals surface area contributed by atoms with Gasteiger partial charge in [0, 0.05) is 25.7 Å². The Morgan fingerprint density at radius 3 is 2.62 bits per heavy atom. The van der Waals surface area contributed by atoms with E-state index >= 15 is 0 Å². The summed E-state index contributed by atoms with van der Waals surface area (Å²) >= 11 is 0. The van der Waals surface area contributed by atoms with Gasteiger partial charge < -0.3 is 20.1 Å². The molecule has 3 heterocycles. The highest BCUT2D eigenvalue weighted by molar-refractivity contribution is 6.01. The summed E-state index contributed by atoms with van der Waals surface area (Å²) in [6, 6.07) is 0.0339. The van der Waals surface area contributed by atoms with Gasteiger partial charge in [-0.1, -0.05) is 13.8 Å². The fraction of sp³-hybridized carbons (Fsp3) is 0.579. The van der Waals surface area contributed by atoms with Crippen LogP contribution in [-0.4, -0.2) is 68.3 Å². The molecule has 0 spiro atoms. The lowest BCUT2D eigenvalue weighted by Crippen LogP contribution is -2.41. The standard InChI is InChI=1S/C19H25N5O5/c1-11(2)10-23-16-13(17(26)22-5-7-29-8-6-22)9-20-24(16)19(28)14(18(23)27)15(25)21-12-3-4-12/h9,11-12,27H,3-8,10H2,1-2H3,(H,21,25). The van der Waals surface area contributed by atoms with Crippen LogP contribution in [0.15, 0.2) is 11.0 Å². The number of nitrogens with zero attached hydrogens (tertiary/aromatic N) is 4. The zero-order valence-corrected chi connectivity index (χ0v) is 16.6. The van der Waals surface area contributed by atoms with Crippen LogP contribution >= 0.6 is 0 Å². The lowest BCUT2D eigenvalue weighted by molar-refractivity contribution is 0.0304. The van der Waals surface area contributed by atoms with Gasteiger partial charge in [-0.05, 0) is 18.8 Å². The van der Waals surface area contributed by atoms with Crippen LogP contribution in [0, 0.1) is 5.92 Å². The highest BCUT2D eigenvalue weighted by Gasteiger charge is 2.31. The SMILES string of the molecule is CC(C)Cn1c(O)c(C(=O)NC2CC2)c(=O)n2ncc(C(=O)N3CCOCC3)c12. The molecular formula is C19H25N5O5. The van der Waals surface area contributed by atoms with Gasteiger partial charge >= 0.3 is 0 Å². The maximum absolute atomic E-state index is 13.0. The van der Waals surface area contributed by atoms with Crippen molar-refractivity contribution in [1.82, 2.24) is 24.4 Å². The third-order valence-corrected chi connectivity index (χ3v) is 5.10. The minimum atomic E-state index is -0.739. The molecule has 10 heteroatoms. The van der Waals surface area contributed by atoms with Gasteiger partial charge in [0.2, 0.25) is 5.88 Å². The molecule has 0 unspecified atom stereocenters. The average Bonchev–Trinajstić information content (AvgIpc) is 3.39. The van der Waals surface area contributed by atoms with Crippen LogP contribution < -0.4 is 10.9 Å². The number of amides is 2. The predicted molar refractivity (Wildman–Crippen MR) is 103 cm³/mol. The van der Waals surface area contributed by atoms with Crippen LogP contribution in [-0.2, 0) is 11.3 Å². The molecule has 1 saturated heterocycles. The number of carbonyl (C=O) groups excluding carboxylic acids is 2. The molecule has 0 aromatic carbocycles. The molecule has 1 saturated carbocycles. The van der Waals surface area contributed by atoms with E-state index in [1.54, 1.807) is 4.90 Å². The summed E-state index contributed by atoms with van der Waals surface area (Å²) in [6.07, 6.45) is 3.04. The summed E-state index contributed by atoms with van der Waals surface area (Å²) in [5.41, 5.74) is -0.676. The maximum atomic E-state index is 13.0. The van der Waals surface area contributed by atoms with E-state index in [0.717, 1.165) is 17.4 Å². The number of aromatic hydroxyl groups is 1. The maximum Gasteiger partial charge on any atom is 0.291 e. The van der Waals surface area contributed by atoms with E-state index in [9.17, 15) is 19.5 Å². The normalized spacial score (nSPS) is 17.1. The predicted octanol–water partition coefficient (Wildman–Crippen LogP) is 0.222. The monoisotopic (exact) mass is 403 g/mol. The number of carbonyl (C=O) groups is 2. The second-order valence-electron chi connectivity index (χ2n) is 7.95. The van der Waals surface area contributed by atoms with Crippen LogP contribution in [0.4, 0.5) is 0 Å². The molecule has 2 aromatic rings. The highest BCUT2D eigenvalue weighted by Crippen LogP contribution is 2.24. The molecule has 1 aliphatic heterocycles. The molecule has 1 aliphatic carbocycles. The van der Waals surface area contributed by atoms with Gasteiger partial charge in [0.05, 0.1) is 19.4 Å². The molecule has 2 amide bonds. The van der Waals surface area contributed by atoms with Crippen LogP contribution in [0.5, 0.6) is 5.88 Å². The van der Waals surface area contributed by atoms with Gasteiger partial charge in [-0.3, -0.25) is 19.0 Å². The number of nitrogens with one attached hydrogen (secondary N) is 1. The van der Waals surface area contributed by atoms with Crippen molar-refractivity contribution in [3.63, 3.8) is 0 Å². The van der Waals surface area contributed by atoms with Crippen LogP contribution in [0.1, 0.15) is 47.4 Å².